The van der Waals surface area contributed by atoms with E-state index >= 15 is 17.9 Å². The van der Waals surface area contributed by atoms with Crippen molar-refractivity contribution in [3.8, 4) is 0 Å². The molecule has 8 aromatic carbocycles. The molecule has 12 heterocycles. The number of benzene rings is 8. The van der Waals surface area contributed by atoms with Gasteiger partial charge < -0.3 is 17.9 Å². The van der Waals surface area contributed by atoms with Crippen molar-refractivity contribution in [3.05, 3.63) is 287 Å². The fourth-order valence-electron chi connectivity index (χ4n) is 17.8. The number of quaternary nitrogens is 8. The predicted octanol–water partition coefficient (Wildman–Crippen LogP) is 14.6. The van der Waals surface area contributed by atoms with E-state index in [0.29, 0.717) is 52.4 Å². The summed E-state index contributed by atoms with van der Waals surface area (Å²) in [5.74, 6) is 0. The summed E-state index contributed by atoms with van der Waals surface area (Å²) < 4.78 is 65.5. The van der Waals surface area contributed by atoms with Crippen LogP contribution in [0.4, 0.5) is 17.9 Å². The van der Waals surface area contributed by atoms with E-state index in [1.165, 1.54) is 22.3 Å². The van der Waals surface area contributed by atoms with Gasteiger partial charge in [0.05, 0.1) is 28.2 Å². The molecule has 0 spiro atoms. The molecule has 0 amide bonds. The maximum atomic E-state index is 15.7. The molecular weight excluding hydrogens is 1100 g/mol. The van der Waals surface area contributed by atoms with Crippen LogP contribution in [-0.2, 0) is 0 Å². The number of nitrogens with zero attached hydrogens (tertiary/aromatic N) is 8. The molecule has 20 rings (SSSR count). The smallest absolute Gasteiger partial charge is 0.207 e. The van der Waals surface area contributed by atoms with E-state index in [4.69, 9.17) is 0 Å². The van der Waals surface area contributed by atoms with Crippen LogP contribution in [0, 0.1) is 0 Å². The molecule has 12 heteroatoms. The summed E-state index contributed by atoms with van der Waals surface area (Å²) in [5.41, 5.74) is 9.56. The number of halogens is 4. The quantitative estimate of drug-likeness (QED) is 0.0808. The number of fused-ring (bicyclic) bond motifs is 12. The minimum Gasteiger partial charge on any atom is -0.305 e. The number of hydrogen-bond donors (Lipinski definition) is 0. The Bertz CT molecular complexity index is 2830. The molecule has 12 aliphatic heterocycles. The monoisotopic (exact) mass is 1190 g/mol. The van der Waals surface area contributed by atoms with Gasteiger partial charge in [0.2, 0.25) is 24.2 Å². The highest BCUT2D eigenvalue weighted by Gasteiger charge is 2.67. The number of hydrogen-bond acceptors (Lipinski definition) is 0. The molecule has 8 nitrogen and oxygen atoms in total. The van der Waals surface area contributed by atoms with Crippen molar-refractivity contribution in [2.45, 2.75) is 48.3 Å². The van der Waals surface area contributed by atoms with E-state index in [1.807, 2.05) is 97.1 Å². The lowest BCUT2D eigenvalue weighted by atomic mass is 9.84. The second-order valence-corrected chi connectivity index (χ2v) is 28.0. The molecule has 12 aliphatic rings. The average molecular weight is 1190 g/mol. The molecule has 456 valence electrons. The highest BCUT2D eigenvalue weighted by atomic mass is 19.2. The molecule has 0 radical (unpaired) electrons. The van der Waals surface area contributed by atoms with Crippen molar-refractivity contribution in [2.75, 3.05) is 133 Å². The van der Waals surface area contributed by atoms with E-state index in [1.54, 1.807) is 0 Å². The molecule has 12 saturated heterocycles. The Balaban J connectivity index is 0.000000108. The molecular formula is C76H92F4N8+8. The summed E-state index contributed by atoms with van der Waals surface area (Å²) in [5, 5.41) is 0. The first-order chi connectivity index (χ1) is 42.5. The zero-order chi connectivity index (χ0) is 60.8. The van der Waals surface area contributed by atoms with Gasteiger partial charge in [-0.1, -0.05) is 243 Å². The van der Waals surface area contributed by atoms with Crippen molar-refractivity contribution in [2.24, 2.45) is 0 Å². The van der Waals surface area contributed by atoms with Gasteiger partial charge >= 0.3 is 0 Å². The molecule has 12 fully saturated rings. The first kappa shape index (κ1) is 60.1. The second kappa shape index (κ2) is 23.8. The molecule has 8 bridgehead atoms. The van der Waals surface area contributed by atoms with Crippen LogP contribution in [0.15, 0.2) is 243 Å². The highest BCUT2D eigenvalue weighted by Crippen LogP contribution is 2.56. The van der Waals surface area contributed by atoms with E-state index < -0.39 is 0 Å². The third-order valence-electron chi connectivity index (χ3n) is 22.9. The molecule has 0 aromatic heterocycles. The van der Waals surface area contributed by atoms with Crippen LogP contribution >= 0.6 is 0 Å². The van der Waals surface area contributed by atoms with Gasteiger partial charge in [-0.3, -0.25) is 0 Å². The van der Waals surface area contributed by atoms with Gasteiger partial charge in [0.25, 0.3) is 0 Å². The first-order valence-electron chi connectivity index (χ1n) is 32.5. The lowest BCUT2D eigenvalue weighted by molar-refractivity contribution is -1.18. The van der Waals surface area contributed by atoms with Crippen molar-refractivity contribution >= 4 is 0 Å². The molecule has 8 atom stereocenters. The second-order valence-electron chi connectivity index (χ2n) is 28.0. The zero-order valence-electron chi connectivity index (χ0n) is 52.1. The third-order valence-corrected chi connectivity index (χ3v) is 22.9. The van der Waals surface area contributed by atoms with Crippen LogP contribution in [0.1, 0.15) is 92.8 Å². The van der Waals surface area contributed by atoms with E-state index in [0.717, 1.165) is 92.5 Å². The molecule has 88 heavy (non-hydrogen) atoms. The van der Waals surface area contributed by atoms with Crippen molar-refractivity contribution in [1.29, 1.82) is 0 Å². The summed E-state index contributed by atoms with van der Waals surface area (Å²) >= 11 is 0. The number of piperazine rings is 12. The minimum absolute atomic E-state index is 0.101. The predicted molar refractivity (Wildman–Crippen MR) is 342 cm³/mol. The molecule has 0 aliphatic carbocycles. The molecule has 0 N–H and O–H groups in total. The standard InChI is InChI=1S/4C19H23FN2/c4*1-21-12-14-22(20,15-13-21)19(17-10-6-3-7-11-17)18(21)16-8-4-2-5-9-16/h4*2-11,18-19H,12-15H2,1H3/q4*+2. The fraction of sp³-hybridized carbons (Fsp3) is 0.368. The van der Waals surface area contributed by atoms with Crippen LogP contribution in [0.5, 0.6) is 0 Å². The Kier molecular flexibility index (Phi) is 16.3. The molecule has 8 aromatic rings. The Morgan fingerprint density at radius 3 is 0.420 bits per heavy atom. The maximum absolute atomic E-state index is 15.7. The summed E-state index contributed by atoms with van der Waals surface area (Å²) in [7, 11) is 9.21. The summed E-state index contributed by atoms with van der Waals surface area (Å²) in [6.45, 7) is 12.3. The van der Waals surface area contributed by atoms with E-state index in [-0.39, 0.29) is 67.2 Å². The first-order valence-corrected chi connectivity index (χ1v) is 32.5. The van der Waals surface area contributed by atoms with Gasteiger partial charge in [0.15, 0.2) is 76.5 Å². The van der Waals surface area contributed by atoms with Gasteiger partial charge in [-0.15, -0.1) is 18.8 Å². The summed E-state index contributed by atoms with van der Waals surface area (Å²) in [6, 6.07) is 83.4. The van der Waals surface area contributed by atoms with E-state index in [9.17, 15) is 0 Å². The van der Waals surface area contributed by atoms with Crippen LogP contribution < -0.4 is 0 Å². The van der Waals surface area contributed by atoms with Crippen LogP contribution in [0.3, 0.4) is 0 Å². The van der Waals surface area contributed by atoms with Gasteiger partial charge in [-0.2, -0.15) is 0 Å². The highest BCUT2D eigenvalue weighted by molar-refractivity contribution is 5.30. The van der Waals surface area contributed by atoms with Gasteiger partial charge in [0, 0.05) is 44.5 Å². The zero-order valence-corrected chi connectivity index (χ0v) is 52.1. The summed E-state index contributed by atoms with van der Waals surface area (Å²) in [6.07, 6.45) is 0. The Labute approximate surface area is 520 Å². The fourth-order valence-corrected chi connectivity index (χ4v) is 17.8. The van der Waals surface area contributed by atoms with Crippen LogP contribution in [0.2, 0.25) is 0 Å². The van der Waals surface area contributed by atoms with Gasteiger partial charge in [-0.05, 0) is 17.9 Å². The third kappa shape index (κ3) is 11.1. The van der Waals surface area contributed by atoms with Crippen molar-refractivity contribution < 1.29 is 54.7 Å². The van der Waals surface area contributed by atoms with Crippen molar-refractivity contribution in [3.63, 3.8) is 0 Å². The summed E-state index contributed by atoms with van der Waals surface area (Å²) in [4.78, 5) is 0. The number of rotatable bonds is 8. The minimum atomic E-state index is -0.308. The van der Waals surface area contributed by atoms with Crippen LogP contribution in [0.25, 0.3) is 0 Å². The normalized spacial score (nSPS) is 37.2. The van der Waals surface area contributed by atoms with Crippen LogP contribution in [-0.4, -0.2) is 170 Å². The van der Waals surface area contributed by atoms with E-state index in [2.05, 4.69) is 174 Å². The largest absolute Gasteiger partial charge is 0.305 e. The maximum Gasteiger partial charge on any atom is 0.207 e. The SMILES string of the molecule is C[N+]12CC[N+](F)(CC1)C(c1ccccc1)C2c1ccccc1.C[N+]12CC[N+](F)(CC1)C(c1ccccc1)C2c1ccccc1.C[N+]12CC[N+](F)(CC1)C(c1ccccc1)C2c1ccccc1.C[N+]12CC[N+](F)(CC1)C(c1ccccc1)C2c1ccccc1. The lowest BCUT2D eigenvalue weighted by Gasteiger charge is -2.56. The Morgan fingerprint density at radius 1 is 0.182 bits per heavy atom. The molecule has 8 unspecified atom stereocenters. The Hall–Kier alpha value is -6.84. The number of likely N-dealkylation sites (N-methyl/N-ethyl adjacent to an activating group) is 4. The van der Waals surface area contributed by atoms with Gasteiger partial charge in [0.1, 0.15) is 52.4 Å². The topological polar surface area (TPSA) is 0 Å². The Morgan fingerprint density at radius 2 is 0.295 bits per heavy atom. The van der Waals surface area contributed by atoms with Gasteiger partial charge in [-0.25, -0.2) is 0 Å². The lowest BCUT2D eigenvalue weighted by Crippen LogP contribution is -2.72. The average Bonchev–Trinajstić information content (AvgIpc) is 0.791. The molecule has 0 saturated carbocycles. The van der Waals surface area contributed by atoms with Crippen molar-refractivity contribution in [1.82, 2.24) is 0 Å².